The third-order valence-corrected chi connectivity index (χ3v) is 4.46. The topological polar surface area (TPSA) is 42.5 Å². The van der Waals surface area contributed by atoms with Gasteiger partial charge in [0.15, 0.2) is 11.5 Å². The van der Waals surface area contributed by atoms with E-state index in [4.69, 9.17) is 32.7 Å². The number of halogens is 3. The summed E-state index contributed by atoms with van der Waals surface area (Å²) in [5, 5.41) is 7.16. The van der Waals surface area contributed by atoms with Crippen LogP contribution in [0.4, 0.5) is 4.39 Å². The van der Waals surface area contributed by atoms with Crippen LogP contribution in [-0.4, -0.2) is 27.2 Å². The summed E-state index contributed by atoms with van der Waals surface area (Å²) in [6.07, 6.45) is 1.03. The van der Waals surface area contributed by atoms with Crippen LogP contribution in [0, 0.1) is 5.82 Å². The second-order valence-corrected chi connectivity index (χ2v) is 6.55. The van der Waals surface area contributed by atoms with Crippen LogP contribution in [0.1, 0.15) is 17.5 Å². The van der Waals surface area contributed by atoms with E-state index < -0.39 is 5.82 Å². The van der Waals surface area contributed by atoms with E-state index >= 15 is 0 Å². The fourth-order valence-electron chi connectivity index (χ4n) is 2.45. The van der Waals surface area contributed by atoms with Crippen molar-refractivity contribution in [3.8, 4) is 11.5 Å². The molecular formula is C19H23Cl2FN2O2. The molecule has 2 aromatic carbocycles. The van der Waals surface area contributed by atoms with Crippen molar-refractivity contribution in [2.24, 2.45) is 0 Å². The minimum Gasteiger partial charge on any atom is -0.493 e. The minimum absolute atomic E-state index is 0.0385. The van der Waals surface area contributed by atoms with Crippen LogP contribution in [0.15, 0.2) is 30.3 Å². The maximum atomic E-state index is 13.9. The Hall–Kier alpha value is -1.53. The highest BCUT2D eigenvalue weighted by atomic mass is 35.5. The van der Waals surface area contributed by atoms with Crippen molar-refractivity contribution in [2.75, 3.05) is 27.2 Å². The average molecular weight is 401 g/mol. The normalized spacial score (nSPS) is 10.8. The predicted octanol–water partition coefficient (Wildman–Crippen LogP) is 4.42. The standard InChI is InChI=1S/C19H23Cl2FN2O2/c1-23-7-4-8-24-11-13-9-16(21)19(18(10-13)25-2)26-12-14-15(20)5-3-6-17(14)22/h3,5-6,9-10,23-24H,4,7-8,11-12H2,1-2H3. The van der Waals surface area contributed by atoms with Gasteiger partial charge in [-0.25, -0.2) is 4.39 Å². The van der Waals surface area contributed by atoms with Crippen LogP contribution >= 0.6 is 23.2 Å². The first-order chi connectivity index (χ1) is 12.6. The summed E-state index contributed by atoms with van der Waals surface area (Å²) in [6.45, 7) is 2.48. The Labute approximate surface area is 163 Å². The maximum absolute atomic E-state index is 13.9. The van der Waals surface area contributed by atoms with Gasteiger partial charge in [-0.05, 0) is 56.4 Å². The van der Waals surface area contributed by atoms with Crippen molar-refractivity contribution in [3.05, 3.63) is 57.3 Å². The molecule has 0 aromatic heterocycles. The predicted molar refractivity (Wildman–Crippen MR) is 104 cm³/mol. The van der Waals surface area contributed by atoms with E-state index in [1.165, 1.54) is 6.07 Å². The first-order valence-electron chi connectivity index (χ1n) is 8.34. The lowest BCUT2D eigenvalue weighted by molar-refractivity contribution is 0.280. The number of ether oxygens (including phenoxy) is 2. The fraction of sp³-hybridized carbons (Fsp3) is 0.368. The molecule has 0 heterocycles. The first-order valence-corrected chi connectivity index (χ1v) is 9.09. The highest BCUT2D eigenvalue weighted by Crippen LogP contribution is 2.37. The fourth-order valence-corrected chi connectivity index (χ4v) is 2.96. The number of rotatable bonds is 10. The summed E-state index contributed by atoms with van der Waals surface area (Å²) in [6, 6.07) is 8.17. The van der Waals surface area contributed by atoms with Crippen LogP contribution in [-0.2, 0) is 13.2 Å². The van der Waals surface area contributed by atoms with Gasteiger partial charge in [-0.1, -0.05) is 29.3 Å². The molecule has 0 radical (unpaired) electrons. The third-order valence-electron chi connectivity index (χ3n) is 3.82. The molecule has 142 valence electrons. The molecule has 0 aliphatic heterocycles. The lowest BCUT2D eigenvalue weighted by Gasteiger charge is -2.15. The molecule has 26 heavy (non-hydrogen) atoms. The van der Waals surface area contributed by atoms with Gasteiger partial charge in [-0.15, -0.1) is 0 Å². The molecule has 4 nitrogen and oxygen atoms in total. The van der Waals surface area contributed by atoms with Crippen molar-refractivity contribution in [2.45, 2.75) is 19.6 Å². The molecule has 0 aliphatic carbocycles. The number of benzene rings is 2. The van der Waals surface area contributed by atoms with E-state index in [-0.39, 0.29) is 12.2 Å². The lowest BCUT2D eigenvalue weighted by atomic mass is 10.2. The molecular weight excluding hydrogens is 378 g/mol. The zero-order valence-electron chi connectivity index (χ0n) is 14.9. The minimum atomic E-state index is -0.421. The van der Waals surface area contributed by atoms with Crippen LogP contribution in [0.3, 0.4) is 0 Å². The second kappa shape index (κ2) is 10.6. The summed E-state index contributed by atoms with van der Waals surface area (Å²) >= 11 is 12.4. The van der Waals surface area contributed by atoms with Gasteiger partial charge in [0.05, 0.1) is 17.2 Å². The van der Waals surface area contributed by atoms with Crippen LogP contribution in [0.2, 0.25) is 10.0 Å². The third kappa shape index (κ3) is 5.74. The molecule has 0 amide bonds. The van der Waals surface area contributed by atoms with Gasteiger partial charge in [-0.3, -0.25) is 0 Å². The molecule has 0 bridgehead atoms. The van der Waals surface area contributed by atoms with Crippen molar-refractivity contribution in [3.63, 3.8) is 0 Å². The second-order valence-electron chi connectivity index (χ2n) is 5.73. The van der Waals surface area contributed by atoms with Gasteiger partial charge in [0, 0.05) is 12.1 Å². The number of methoxy groups -OCH3 is 1. The Morgan fingerprint density at radius 3 is 2.62 bits per heavy atom. The highest BCUT2D eigenvalue weighted by molar-refractivity contribution is 6.32. The quantitative estimate of drug-likeness (QED) is 0.579. The summed E-state index contributed by atoms with van der Waals surface area (Å²) in [5.41, 5.74) is 1.26. The Morgan fingerprint density at radius 1 is 1.12 bits per heavy atom. The molecule has 2 rings (SSSR count). The van der Waals surface area contributed by atoms with E-state index in [1.807, 2.05) is 19.2 Å². The molecule has 0 atom stereocenters. The van der Waals surface area contributed by atoms with E-state index in [9.17, 15) is 4.39 Å². The molecule has 2 aromatic rings. The van der Waals surface area contributed by atoms with Gasteiger partial charge >= 0.3 is 0 Å². The Morgan fingerprint density at radius 2 is 1.92 bits per heavy atom. The lowest BCUT2D eigenvalue weighted by Crippen LogP contribution is -2.19. The van der Waals surface area contributed by atoms with Gasteiger partial charge in [0.25, 0.3) is 0 Å². The van der Waals surface area contributed by atoms with Crippen molar-refractivity contribution in [1.82, 2.24) is 10.6 Å². The smallest absolute Gasteiger partial charge is 0.180 e. The van der Waals surface area contributed by atoms with Crippen LogP contribution < -0.4 is 20.1 Å². The molecule has 0 aliphatic rings. The Kier molecular flexibility index (Phi) is 8.45. The average Bonchev–Trinajstić information content (AvgIpc) is 2.62. The first kappa shape index (κ1) is 20.8. The zero-order valence-corrected chi connectivity index (χ0v) is 16.4. The van der Waals surface area contributed by atoms with E-state index in [2.05, 4.69) is 10.6 Å². The molecule has 2 N–H and O–H groups in total. The van der Waals surface area contributed by atoms with Gasteiger partial charge in [-0.2, -0.15) is 0 Å². The van der Waals surface area contributed by atoms with E-state index in [1.54, 1.807) is 19.2 Å². The van der Waals surface area contributed by atoms with Crippen molar-refractivity contribution >= 4 is 23.2 Å². The highest BCUT2D eigenvalue weighted by Gasteiger charge is 2.14. The van der Waals surface area contributed by atoms with Crippen LogP contribution in [0.5, 0.6) is 11.5 Å². The largest absolute Gasteiger partial charge is 0.493 e. The number of nitrogens with one attached hydrogen (secondary N) is 2. The summed E-state index contributed by atoms with van der Waals surface area (Å²) in [7, 11) is 3.47. The molecule has 0 saturated carbocycles. The Bertz CT molecular complexity index is 709. The van der Waals surface area contributed by atoms with Crippen molar-refractivity contribution < 1.29 is 13.9 Å². The molecule has 7 heteroatoms. The van der Waals surface area contributed by atoms with Gasteiger partial charge in [0.1, 0.15) is 12.4 Å². The summed E-state index contributed by atoms with van der Waals surface area (Å²) < 4.78 is 25.0. The number of hydrogen-bond acceptors (Lipinski definition) is 4. The van der Waals surface area contributed by atoms with Crippen LogP contribution in [0.25, 0.3) is 0 Å². The monoisotopic (exact) mass is 400 g/mol. The molecule has 0 saturated heterocycles. The molecule has 0 fully saturated rings. The van der Waals surface area contributed by atoms with E-state index in [0.29, 0.717) is 28.1 Å². The maximum Gasteiger partial charge on any atom is 0.180 e. The van der Waals surface area contributed by atoms with Gasteiger partial charge < -0.3 is 20.1 Å². The number of hydrogen-bond donors (Lipinski definition) is 2. The van der Waals surface area contributed by atoms with Gasteiger partial charge in [0.2, 0.25) is 0 Å². The van der Waals surface area contributed by atoms with E-state index in [0.717, 1.165) is 25.1 Å². The molecule has 0 unspecified atom stereocenters. The molecule has 0 spiro atoms. The summed E-state index contributed by atoms with van der Waals surface area (Å²) in [5.74, 6) is 0.444. The van der Waals surface area contributed by atoms with Crippen molar-refractivity contribution in [1.29, 1.82) is 0 Å². The summed E-state index contributed by atoms with van der Waals surface area (Å²) in [4.78, 5) is 0. The SMILES string of the molecule is CNCCCNCc1cc(Cl)c(OCc2c(F)cccc2Cl)c(OC)c1. The Balaban J connectivity index is 2.06. The zero-order chi connectivity index (χ0) is 18.9.